The highest BCUT2D eigenvalue weighted by Gasteiger charge is 2.25. The number of nitrogens with zero attached hydrogens (tertiary/aromatic N) is 1. The van der Waals surface area contributed by atoms with Gasteiger partial charge in [0.1, 0.15) is 0 Å². The molecule has 1 aromatic rings. The quantitative estimate of drug-likeness (QED) is 0.901. The summed E-state index contributed by atoms with van der Waals surface area (Å²) in [5.41, 5.74) is 4.15. The molecule has 112 valence electrons. The maximum atomic E-state index is 3.51. The normalized spacial score (nSPS) is 25.6. The van der Waals surface area contributed by atoms with Gasteiger partial charge in [0.25, 0.3) is 0 Å². The van der Waals surface area contributed by atoms with Crippen LogP contribution in [0.4, 0.5) is 0 Å². The monoisotopic (exact) mass is 274 g/mol. The lowest BCUT2D eigenvalue weighted by Gasteiger charge is -2.38. The van der Waals surface area contributed by atoms with Crippen LogP contribution < -0.4 is 5.32 Å². The first kappa shape index (κ1) is 15.5. The molecular weight excluding hydrogens is 244 g/mol. The summed E-state index contributed by atoms with van der Waals surface area (Å²) >= 11 is 0. The van der Waals surface area contributed by atoms with Gasteiger partial charge < -0.3 is 5.32 Å². The fourth-order valence-electron chi connectivity index (χ4n) is 3.54. The Hall–Kier alpha value is -0.860. The maximum Gasteiger partial charge on any atom is 0.0447 e. The Kier molecular flexibility index (Phi) is 5.22. The largest absolute Gasteiger partial charge is 0.312 e. The van der Waals surface area contributed by atoms with E-state index in [4.69, 9.17) is 0 Å². The Morgan fingerprint density at radius 3 is 2.40 bits per heavy atom. The summed E-state index contributed by atoms with van der Waals surface area (Å²) in [6.07, 6.45) is 2.68. The molecule has 1 heterocycles. The van der Waals surface area contributed by atoms with E-state index in [9.17, 15) is 0 Å². The van der Waals surface area contributed by atoms with Crippen LogP contribution in [0.15, 0.2) is 18.2 Å². The van der Waals surface area contributed by atoms with Crippen LogP contribution in [0, 0.1) is 19.8 Å². The first-order chi connectivity index (χ1) is 9.49. The summed E-state index contributed by atoms with van der Waals surface area (Å²) in [4.78, 5) is 2.65. The van der Waals surface area contributed by atoms with E-state index in [1.807, 2.05) is 0 Å². The fourth-order valence-corrected chi connectivity index (χ4v) is 3.54. The number of hydrogen-bond acceptors (Lipinski definition) is 2. The van der Waals surface area contributed by atoms with E-state index in [2.05, 4.69) is 63.2 Å². The van der Waals surface area contributed by atoms with Crippen molar-refractivity contribution in [2.75, 3.05) is 20.1 Å². The molecule has 0 saturated carbocycles. The molecule has 2 heteroatoms. The third-order valence-electron chi connectivity index (χ3n) is 4.69. The maximum absolute atomic E-state index is 3.51. The van der Waals surface area contributed by atoms with Crippen molar-refractivity contribution < 1.29 is 0 Å². The summed E-state index contributed by atoms with van der Waals surface area (Å²) in [6.45, 7) is 11.5. The minimum absolute atomic E-state index is 0.435. The predicted molar refractivity (Wildman–Crippen MR) is 87.1 cm³/mol. The fraction of sp³-hybridized carbons (Fsp3) is 0.667. The topological polar surface area (TPSA) is 15.3 Å². The number of rotatable bonds is 4. The van der Waals surface area contributed by atoms with Crippen LogP contribution in [0.2, 0.25) is 0 Å². The Bertz CT molecular complexity index is 421. The molecule has 1 aromatic carbocycles. The molecule has 0 bridgehead atoms. The molecule has 0 spiro atoms. The van der Waals surface area contributed by atoms with Crippen molar-refractivity contribution >= 4 is 0 Å². The van der Waals surface area contributed by atoms with E-state index < -0.39 is 0 Å². The molecule has 1 fully saturated rings. The van der Waals surface area contributed by atoms with E-state index in [1.54, 1.807) is 0 Å². The molecule has 1 saturated heterocycles. The summed E-state index contributed by atoms with van der Waals surface area (Å²) in [5, 5.41) is 3.51. The number of benzene rings is 1. The molecule has 1 aliphatic heterocycles. The van der Waals surface area contributed by atoms with Crippen LogP contribution in [0.25, 0.3) is 0 Å². The molecule has 0 aromatic heterocycles. The van der Waals surface area contributed by atoms with Crippen molar-refractivity contribution in [2.45, 2.75) is 52.6 Å². The molecular formula is C18H30N2. The van der Waals surface area contributed by atoms with Crippen LogP contribution in [0.1, 0.15) is 49.4 Å². The highest BCUT2D eigenvalue weighted by Crippen LogP contribution is 2.25. The average Bonchev–Trinajstić information content (AvgIpc) is 2.36. The third-order valence-corrected chi connectivity index (χ3v) is 4.69. The Labute approximate surface area is 124 Å². The van der Waals surface area contributed by atoms with E-state index in [0.717, 1.165) is 12.5 Å². The molecule has 1 aliphatic rings. The van der Waals surface area contributed by atoms with Gasteiger partial charge in [0, 0.05) is 18.6 Å². The number of hydrogen-bond donors (Lipinski definition) is 1. The van der Waals surface area contributed by atoms with Gasteiger partial charge in [-0.25, -0.2) is 0 Å². The molecule has 0 aliphatic carbocycles. The second-order valence-electron chi connectivity index (χ2n) is 6.74. The molecule has 1 N–H and O–H groups in total. The van der Waals surface area contributed by atoms with Crippen LogP contribution in [0.5, 0.6) is 0 Å². The van der Waals surface area contributed by atoms with Crippen molar-refractivity contribution in [3.8, 4) is 0 Å². The molecule has 3 unspecified atom stereocenters. The van der Waals surface area contributed by atoms with Crippen molar-refractivity contribution in [1.82, 2.24) is 10.2 Å². The van der Waals surface area contributed by atoms with Gasteiger partial charge in [-0.3, -0.25) is 4.90 Å². The lowest BCUT2D eigenvalue weighted by atomic mass is 9.92. The Morgan fingerprint density at radius 1 is 1.20 bits per heavy atom. The molecule has 2 nitrogen and oxygen atoms in total. The van der Waals surface area contributed by atoms with Crippen LogP contribution in [-0.4, -0.2) is 31.1 Å². The highest BCUT2D eigenvalue weighted by atomic mass is 15.2. The van der Waals surface area contributed by atoms with Gasteiger partial charge in [-0.15, -0.1) is 0 Å². The van der Waals surface area contributed by atoms with Crippen LogP contribution >= 0.6 is 0 Å². The summed E-state index contributed by atoms with van der Waals surface area (Å²) < 4.78 is 0. The number of likely N-dealkylation sites (tertiary alicyclic amines) is 1. The van der Waals surface area contributed by atoms with Gasteiger partial charge in [-0.05, 0) is 58.7 Å². The van der Waals surface area contributed by atoms with Crippen molar-refractivity contribution in [3.63, 3.8) is 0 Å². The number of piperidine rings is 1. The van der Waals surface area contributed by atoms with Crippen LogP contribution in [0.3, 0.4) is 0 Å². The summed E-state index contributed by atoms with van der Waals surface area (Å²) in [7, 11) is 2.08. The zero-order chi connectivity index (χ0) is 14.7. The second-order valence-corrected chi connectivity index (χ2v) is 6.74. The molecule has 2 rings (SSSR count). The zero-order valence-corrected chi connectivity index (χ0v) is 13.7. The third kappa shape index (κ3) is 3.83. The molecule has 0 radical (unpaired) electrons. The Morgan fingerprint density at radius 2 is 1.85 bits per heavy atom. The molecule has 0 amide bonds. The number of likely N-dealkylation sites (N-methyl/N-ethyl adjacent to an activating group) is 1. The smallest absolute Gasteiger partial charge is 0.0447 e. The van der Waals surface area contributed by atoms with E-state index in [0.29, 0.717) is 12.1 Å². The first-order valence-electron chi connectivity index (χ1n) is 7.99. The predicted octanol–water partition coefficient (Wildman–Crippen LogP) is 3.68. The van der Waals surface area contributed by atoms with Gasteiger partial charge >= 0.3 is 0 Å². The number of nitrogens with one attached hydrogen (secondary N) is 1. The van der Waals surface area contributed by atoms with Crippen LogP contribution in [-0.2, 0) is 0 Å². The first-order valence-corrected chi connectivity index (χ1v) is 7.99. The molecule has 20 heavy (non-hydrogen) atoms. The number of aryl methyl sites for hydroxylation is 2. The lowest BCUT2D eigenvalue weighted by molar-refractivity contribution is 0.118. The van der Waals surface area contributed by atoms with E-state index >= 15 is 0 Å². The lowest BCUT2D eigenvalue weighted by Crippen LogP contribution is -2.44. The van der Waals surface area contributed by atoms with Gasteiger partial charge in [0.2, 0.25) is 0 Å². The van der Waals surface area contributed by atoms with E-state index in [1.165, 1.54) is 36.1 Å². The van der Waals surface area contributed by atoms with Gasteiger partial charge in [-0.1, -0.05) is 36.2 Å². The van der Waals surface area contributed by atoms with Crippen molar-refractivity contribution in [2.24, 2.45) is 5.92 Å². The SMILES string of the molecule is CNC(CN1CCC(C)CC1C)c1cc(C)cc(C)c1. The second kappa shape index (κ2) is 6.73. The van der Waals surface area contributed by atoms with Crippen molar-refractivity contribution in [1.29, 1.82) is 0 Å². The van der Waals surface area contributed by atoms with Gasteiger partial charge in [0.05, 0.1) is 0 Å². The average molecular weight is 274 g/mol. The van der Waals surface area contributed by atoms with Gasteiger partial charge in [-0.2, -0.15) is 0 Å². The standard InChI is InChI=1S/C18H30N2/c1-13-6-7-20(16(4)9-13)12-18(19-5)17-10-14(2)8-15(3)11-17/h8,10-11,13,16,18-19H,6-7,9,12H2,1-5H3. The highest BCUT2D eigenvalue weighted by molar-refractivity contribution is 5.30. The Balaban J connectivity index is 2.08. The minimum atomic E-state index is 0.435. The van der Waals surface area contributed by atoms with E-state index in [-0.39, 0.29) is 0 Å². The zero-order valence-electron chi connectivity index (χ0n) is 13.7. The van der Waals surface area contributed by atoms with Gasteiger partial charge in [0.15, 0.2) is 0 Å². The summed E-state index contributed by atoms with van der Waals surface area (Å²) in [5.74, 6) is 0.885. The minimum Gasteiger partial charge on any atom is -0.312 e. The van der Waals surface area contributed by atoms with Crippen molar-refractivity contribution in [3.05, 3.63) is 34.9 Å². The summed E-state index contributed by atoms with van der Waals surface area (Å²) in [6, 6.07) is 8.04. The molecule has 3 atom stereocenters.